The topological polar surface area (TPSA) is 50.8 Å². The Morgan fingerprint density at radius 2 is 1.87 bits per heavy atom. The van der Waals surface area contributed by atoms with Crippen molar-refractivity contribution in [1.82, 2.24) is 4.90 Å². The van der Waals surface area contributed by atoms with E-state index in [1.54, 1.807) is 0 Å². The highest BCUT2D eigenvalue weighted by molar-refractivity contribution is 5.92. The van der Waals surface area contributed by atoms with E-state index in [1.165, 1.54) is 0 Å². The number of carbonyl (C=O) groups is 1. The molecule has 2 saturated heterocycles. The molecule has 1 aromatic carbocycles. The summed E-state index contributed by atoms with van der Waals surface area (Å²) in [6.45, 7) is 2.07. The fourth-order valence-electron chi connectivity index (χ4n) is 3.13. The van der Waals surface area contributed by atoms with Crippen LogP contribution in [-0.2, 0) is 14.3 Å². The molecule has 1 N–H and O–H groups in total. The molecule has 2 heterocycles. The SMILES string of the molecule is O=C(CN1CCCCC1C1OCCO1)Nc1cc(F)cc(F)c1. The lowest BCUT2D eigenvalue weighted by atomic mass is 10.0. The van der Waals surface area contributed by atoms with E-state index in [2.05, 4.69) is 5.32 Å². The number of amides is 1. The Balaban J connectivity index is 1.60. The number of benzene rings is 1. The van der Waals surface area contributed by atoms with Gasteiger partial charge in [0, 0.05) is 11.8 Å². The normalized spacial score (nSPS) is 23.1. The van der Waals surface area contributed by atoms with Crippen LogP contribution in [0.1, 0.15) is 19.3 Å². The summed E-state index contributed by atoms with van der Waals surface area (Å²) in [6, 6.07) is 3.00. The number of piperidine rings is 1. The zero-order valence-electron chi connectivity index (χ0n) is 12.8. The van der Waals surface area contributed by atoms with Crippen molar-refractivity contribution in [1.29, 1.82) is 0 Å². The lowest BCUT2D eigenvalue weighted by Gasteiger charge is -2.37. The van der Waals surface area contributed by atoms with Crippen LogP contribution in [0.25, 0.3) is 0 Å². The van der Waals surface area contributed by atoms with E-state index in [1.807, 2.05) is 4.90 Å². The molecule has 0 bridgehead atoms. The molecular formula is C16H20F2N2O3. The minimum atomic E-state index is -0.719. The van der Waals surface area contributed by atoms with Crippen molar-refractivity contribution in [3.05, 3.63) is 29.8 Å². The van der Waals surface area contributed by atoms with Crippen molar-refractivity contribution in [2.75, 3.05) is 31.6 Å². The van der Waals surface area contributed by atoms with E-state index in [0.29, 0.717) is 13.2 Å². The summed E-state index contributed by atoms with van der Waals surface area (Å²) in [7, 11) is 0. The number of rotatable bonds is 4. The lowest BCUT2D eigenvalue weighted by Crippen LogP contribution is -2.50. The Bertz CT molecular complexity index is 544. The van der Waals surface area contributed by atoms with Gasteiger partial charge in [0.25, 0.3) is 0 Å². The number of anilines is 1. The maximum Gasteiger partial charge on any atom is 0.238 e. The third kappa shape index (κ3) is 4.25. The molecule has 2 aliphatic heterocycles. The number of ether oxygens (including phenoxy) is 2. The van der Waals surface area contributed by atoms with Gasteiger partial charge in [-0.2, -0.15) is 0 Å². The van der Waals surface area contributed by atoms with Gasteiger partial charge in [-0.05, 0) is 31.5 Å². The first kappa shape index (κ1) is 16.3. The van der Waals surface area contributed by atoms with Crippen LogP contribution in [0.2, 0.25) is 0 Å². The summed E-state index contributed by atoms with van der Waals surface area (Å²) in [4.78, 5) is 14.2. The molecule has 0 spiro atoms. The van der Waals surface area contributed by atoms with Crippen LogP contribution in [0.5, 0.6) is 0 Å². The molecule has 0 saturated carbocycles. The van der Waals surface area contributed by atoms with Crippen molar-refractivity contribution in [2.24, 2.45) is 0 Å². The number of halogens is 2. The highest BCUT2D eigenvalue weighted by Gasteiger charge is 2.34. The number of hydrogen-bond donors (Lipinski definition) is 1. The van der Waals surface area contributed by atoms with Gasteiger partial charge < -0.3 is 14.8 Å². The van der Waals surface area contributed by atoms with Crippen LogP contribution in [0.4, 0.5) is 14.5 Å². The Morgan fingerprint density at radius 1 is 1.17 bits per heavy atom. The molecule has 0 aliphatic carbocycles. The summed E-state index contributed by atoms with van der Waals surface area (Å²) in [6.07, 6.45) is 2.69. The van der Waals surface area contributed by atoms with Crippen molar-refractivity contribution < 1.29 is 23.0 Å². The van der Waals surface area contributed by atoms with Gasteiger partial charge in [-0.25, -0.2) is 8.78 Å². The average Bonchev–Trinajstić information content (AvgIpc) is 3.00. The van der Waals surface area contributed by atoms with Gasteiger partial charge >= 0.3 is 0 Å². The van der Waals surface area contributed by atoms with Gasteiger partial charge in [-0.3, -0.25) is 9.69 Å². The number of nitrogens with zero attached hydrogens (tertiary/aromatic N) is 1. The van der Waals surface area contributed by atoms with Gasteiger partial charge in [0.15, 0.2) is 6.29 Å². The summed E-state index contributed by atoms with van der Waals surface area (Å²) in [5, 5.41) is 2.54. The number of hydrogen-bond acceptors (Lipinski definition) is 4. The Morgan fingerprint density at radius 3 is 2.57 bits per heavy atom. The Labute approximate surface area is 133 Å². The quantitative estimate of drug-likeness (QED) is 0.921. The molecule has 0 radical (unpaired) electrons. The zero-order chi connectivity index (χ0) is 16.2. The first-order valence-electron chi connectivity index (χ1n) is 7.85. The van der Waals surface area contributed by atoms with E-state index in [9.17, 15) is 13.6 Å². The molecule has 2 fully saturated rings. The molecular weight excluding hydrogens is 306 g/mol. The molecule has 23 heavy (non-hydrogen) atoms. The second-order valence-corrected chi connectivity index (χ2v) is 5.85. The first-order valence-corrected chi connectivity index (χ1v) is 7.85. The summed E-state index contributed by atoms with van der Waals surface area (Å²) >= 11 is 0. The van der Waals surface area contributed by atoms with Crippen LogP contribution < -0.4 is 5.32 Å². The molecule has 1 amide bonds. The van der Waals surface area contributed by atoms with E-state index < -0.39 is 11.6 Å². The van der Waals surface area contributed by atoms with E-state index >= 15 is 0 Å². The number of carbonyl (C=O) groups excluding carboxylic acids is 1. The average molecular weight is 326 g/mol. The smallest absolute Gasteiger partial charge is 0.238 e. The third-order valence-electron chi connectivity index (χ3n) is 4.12. The van der Waals surface area contributed by atoms with Gasteiger partial charge in [0.05, 0.1) is 25.8 Å². The van der Waals surface area contributed by atoms with Gasteiger partial charge in [0.2, 0.25) is 5.91 Å². The van der Waals surface area contributed by atoms with Gasteiger partial charge in [-0.15, -0.1) is 0 Å². The molecule has 7 heteroatoms. The number of likely N-dealkylation sites (tertiary alicyclic amines) is 1. The van der Waals surface area contributed by atoms with Crippen molar-refractivity contribution >= 4 is 11.6 Å². The number of nitrogens with one attached hydrogen (secondary N) is 1. The van der Waals surface area contributed by atoms with Crippen LogP contribution in [0, 0.1) is 11.6 Å². The van der Waals surface area contributed by atoms with Crippen LogP contribution in [-0.4, -0.2) is 49.4 Å². The second-order valence-electron chi connectivity index (χ2n) is 5.85. The zero-order valence-corrected chi connectivity index (χ0v) is 12.8. The highest BCUT2D eigenvalue weighted by Crippen LogP contribution is 2.24. The molecule has 126 valence electrons. The molecule has 2 aliphatic rings. The fraction of sp³-hybridized carbons (Fsp3) is 0.562. The standard InChI is InChI=1S/C16H20F2N2O3/c17-11-7-12(18)9-13(8-11)19-15(21)10-20-4-2-1-3-14(20)16-22-5-6-23-16/h7-9,14,16H,1-6,10H2,(H,19,21). The van der Waals surface area contributed by atoms with E-state index in [4.69, 9.17) is 9.47 Å². The van der Waals surface area contributed by atoms with Gasteiger partial charge in [0.1, 0.15) is 11.6 Å². The van der Waals surface area contributed by atoms with Crippen LogP contribution in [0.3, 0.4) is 0 Å². The van der Waals surface area contributed by atoms with Crippen LogP contribution in [0.15, 0.2) is 18.2 Å². The maximum absolute atomic E-state index is 13.2. The minimum Gasteiger partial charge on any atom is -0.349 e. The minimum absolute atomic E-state index is 0.0428. The molecule has 1 atom stereocenters. The molecule has 5 nitrogen and oxygen atoms in total. The van der Waals surface area contributed by atoms with Gasteiger partial charge in [-0.1, -0.05) is 6.42 Å². The largest absolute Gasteiger partial charge is 0.349 e. The Hall–Kier alpha value is -1.57. The second kappa shape index (κ2) is 7.33. The van der Waals surface area contributed by atoms with E-state index in [0.717, 1.165) is 44.0 Å². The molecule has 1 unspecified atom stereocenters. The monoisotopic (exact) mass is 326 g/mol. The lowest BCUT2D eigenvalue weighted by molar-refractivity contribution is -0.127. The maximum atomic E-state index is 13.2. The first-order chi connectivity index (χ1) is 11.1. The molecule has 3 rings (SSSR count). The fourth-order valence-corrected chi connectivity index (χ4v) is 3.13. The Kier molecular flexibility index (Phi) is 5.20. The predicted octanol–water partition coefficient (Wildman–Crippen LogP) is 2.13. The summed E-state index contributed by atoms with van der Waals surface area (Å²) in [5.74, 6) is -1.74. The van der Waals surface area contributed by atoms with Crippen LogP contribution >= 0.6 is 0 Å². The predicted molar refractivity (Wildman–Crippen MR) is 79.9 cm³/mol. The van der Waals surface area contributed by atoms with E-state index in [-0.39, 0.29) is 30.5 Å². The third-order valence-corrected chi connectivity index (χ3v) is 4.12. The molecule has 1 aromatic rings. The summed E-state index contributed by atoms with van der Waals surface area (Å²) < 4.78 is 37.5. The molecule has 0 aromatic heterocycles. The van der Waals surface area contributed by atoms with Crippen molar-refractivity contribution in [3.63, 3.8) is 0 Å². The highest BCUT2D eigenvalue weighted by atomic mass is 19.1. The van der Waals surface area contributed by atoms with Crippen molar-refractivity contribution in [3.8, 4) is 0 Å². The van der Waals surface area contributed by atoms with Crippen molar-refractivity contribution in [2.45, 2.75) is 31.6 Å². The summed E-state index contributed by atoms with van der Waals surface area (Å²) in [5.41, 5.74) is 0.120.